The van der Waals surface area contributed by atoms with Crippen LogP contribution < -0.4 is 0 Å². The summed E-state index contributed by atoms with van der Waals surface area (Å²) in [4.78, 5) is 44.7. The van der Waals surface area contributed by atoms with Gasteiger partial charge in [-0.05, 0) is 76.4 Å². The predicted molar refractivity (Wildman–Crippen MR) is 188 cm³/mol. The normalized spacial score (nSPS) is 15.1. The van der Waals surface area contributed by atoms with Gasteiger partial charge in [-0.2, -0.15) is 13.2 Å². The minimum Gasteiger partial charge on any atom is -0.480 e. The molecule has 1 aliphatic heterocycles. The maximum absolute atomic E-state index is 14.3. The lowest BCUT2D eigenvalue weighted by molar-refractivity contribution is -0.142. The van der Waals surface area contributed by atoms with E-state index in [0.29, 0.717) is 24.1 Å². The molecule has 4 aromatic carbocycles. The summed E-state index contributed by atoms with van der Waals surface area (Å²) in [5.74, 6) is -1.73. The second kappa shape index (κ2) is 15.1. The number of carboxylic acid groups (broad SMARTS) is 1. The molecule has 1 N–H and O–H groups in total. The van der Waals surface area contributed by atoms with Crippen LogP contribution in [0.4, 0.5) is 13.2 Å². The number of aliphatic carboxylic acids is 1. The van der Waals surface area contributed by atoms with Crippen LogP contribution in [0.1, 0.15) is 39.2 Å². The van der Waals surface area contributed by atoms with Crippen molar-refractivity contribution in [3.63, 3.8) is 0 Å². The van der Waals surface area contributed by atoms with Crippen molar-refractivity contribution in [3.05, 3.63) is 142 Å². The van der Waals surface area contributed by atoms with Gasteiger partial charge >= 0.3 is 12.1 Å². The van der Waals surface area contributed by atoms with E-state index >= 15 is 0 Å². The van der Waals surface area contributed by atoms with E-state index in [-0.39, 0.29) is 36.9 Å². The average Bonchev–Trinajstić information content (AvgIpc) is 3.82. The molecule has 0 saturated carbocycles. The molecule has 2 atom stereocenters. The van der Waals surface area contributed by atoms with Gasteiger partial charge in [-0.1, -0.05) is 84.9 Å². The van der Waals surface area contributed by atoms with Crippen molar-refractivity contribution in [3.8, 4) is 22.3 Å². The number of likely N-dealkylation sites (tertiary alicyclic amines) is 1. The molecule has 1 aromatic heterocycles. The number of carbonyl (C=O) groups excluding carboxylic acids is 2. The Kier molecular flexibility index (Phi) is 10.5. The summed E-state index contributed by atoms with van der Waals surface area (Å²) in [7, 11) is 0. The number of amides is 2. The lowest BCUT2D eigenvalue weighted by atomic mass is 9.98. The van der Waals surface area contributed by atoms with E-state index in [1.165, 1.54) is 28.4 Å². The van der Waals surface area contributed by atoms with E-state index in [0.717, 1.165) is 40.1 Å². The third-order valence-electron chi connectivity index (χ3n) is 9.10. The fourth-order valence-electron chi connectivity index (χ4n) is 6.44. The fraction of sp³-hybridized carbons (Fsp3) is 0.225. The summed E-state index contributed by atoms with van der Waals surface area (Å²) in [6.07, 6.45) is -2.79. The molecule has 1 aliphatic rings. The molecule has 1 saturated heterocycles. The molecule has 2 amide bonds. The second-order valence-corrected chi connectivity index (χ2v) is 13.4. The summed E-state index contributed by atoms with van der Waals surface area (Å²) < 4.78 is 39.2. The van der Waals surface area contributed by atoms with Gasteiger partial charge in [0.15, 0.2) is 0 Å². The van der Waals surface area contributed by atoms with Crippen LogP contribution in [0, 0.1) is 0 Å². The molecule has 0 spiro atoms. The van der Waals surface area contributed by atoms with Gasteiger partial charge in [0.05, 0.1) is 12.0 Å². The van der Waals surface area contributed by atoms with Crippen LogP contribution in [-0.4, -0.2) is 57.9 Å². The van der Waals surface area contributed by atoms with Crippen molar-refractivity contribution in [2.24, 2.45) is 0 Å². The maximum Gasteiger partial charge on any atom is 0.416 e. The predicted octanol–water partition coefficient (Wildman–Crippen LogP) is 8.47. The summed E-state index contributed by atoms with van der Waals surface area (Å²) in [6, 6.07) is 30.8. The molecule has 0 radical (unpaired) electrons. The summed E-state index contributed by atoms with van der Waals surface area (Å²) >= 11 is 1.50. The summed E-state index contributed by atoms with van der Waals surface area (Å²) in [5, 5.41) is 12.5. The number of hydrogen-bond donors (Lipinski definition) is 1. The maximum atomic E-state index is 14.3. The van der Waals surface area contributed by atoms with Crippen LogP contribution in [0.25, 0.3) is 22.3 Å². The first kappa shape index (κ1) is 34.6. The number of halogens is 3. The van der Waals surface area contributed by atoms with Gasteiger partial charge in [0, 0.05) is 36.0 Å². The van der Waals surface area contributed by atoms with E-state index in [4.69, 9.17) is 0 Å². The van der Waals surface area contributed by atoms with Gasteiger partial charge < -0.3 is 14.9 Å². The van der Waals surface area contributed by atoms with Crippen LogP contribution in [-0.2, 0) is 28.6 Å². The first-order valence-electron chi connectivity index (χ1n) is 16.3. The van der Waals surface area contributed by atoms with Crippen molar-refractivity contribution >= 4 is 29.1 Å². The summed E-state index contributed by atoms with van der Waals surface area (Å²) in [6.45, 7) is 0.562. The topological polar surface area (TPSA) is 77.9 Å². The largest absolute Gasteiger partial charge is 0.480 e. The Bertz CT molecular complexity index is 1910. The highest BCUT2D eigenvalue weighted by molar-refractivity contribution is 7.10. The summed E-state index contributed by atoms with van der Waals surface area (Å²) in [5.41, 5.74) is 3.38. The number of carboxylic acids is 1. The SMILES string of the molecule is O=C(O)C(Cc1ccc(-c2ccccc2)cc1)N(CC1CCCN1C(=O)Cc1cccs1)C(=O)c1ccc(-c2ccc(C(F)(F)F)cc2)cc1. The van der Waals surface area contributed by atoms with Crippen molar-refractivity contribution in [1.82, 2.24) is 9.80 Å². The monoisotopic (exact) mass is 696 g/mol. The van der Waals surface area contributed by atoms with E-state index in [9.17, 15) is 32.7 Å². The number of hydrogen-bond acceptors (Lipinski definition) is 4. The van der Waals surface area contributed by atoms with E-state index < -0.39 is 29.7 Å². The molecule has 0 aliphatic carbocycles. The van der Waals surface area contributed by atoms with Gasteiger partial charge in [0.25, 0.3) is 5.91 Å². The Labute approximate surface area is 292 Å². The molecule has 2 heterocycles. The number of benzene rings is 4. The highest BCUT2D eigenvalue weighted by Crippen LogP contribution is 2.31. The minimum atomic E-state index is -4.45. The van der Waals surface area contributed by atoms with E-state index in [1.807, 2.05) is 72.1 Å². The number of nitrogens with zero attached hydrogens (tertiary/aromatic N) is 2. The van der Waals surface area contributed by atoms with Gasteiger partial charge in [-0.3, -0.25) is 9.59 Å². The first-order valence-corrected chi connectivity index (χ1v) is 17.2. The highest BCUT2D eigenvalue weighted by atomic mass is 32.1. The molecular formula is C40H35F3N2O4S. The quantitative estimate of drug-likeness (QED) is 0.150. The van der Waals surface area contributed by atoms with Gasteiger partial charge in [-0.25, -0.2) is 4.79 Å². The minimum absolute atomic E-state index is 0.0364. The molecule has 6 nitrogen and oxygen atoms in total. The molecular weight excluding hydrogens is 662 g/mol. The lowest BCUT2D eigenvalue weighted by Crippen LogP contribution is -2.52. The Morgan fingerprint density at radius 1 is 0.800 bits per heavy atom. The molecule has 2 unspecified atom stereocenters. The Balaban J connectivity index is 1.27. The molecule has 50 heavy (non-hydrogen) atoms. The second-order valence-electron chi connectivity index (χ2n) is 12.4. The lowest BCUT2D eigenvalue weighted by Gasteiger charge is -2.34. The van der Waals surface area contributed by atoms with Crippen molar-refractivity contribution < 1.29 is 32.7 Å². The van der Waals surface area contributed by atoms with Crippen LogP contribution in [0.2, 0.25) is 0 Å². The third-order valence-corrected chi connectivity index (χ3v) is 9.98. The Morgan fingerprint density at radius 2 is 1.40 bits per heavy atom. The number of alkyl halides is 3. The van der Waals surface area contributed by atoms with Crippen LogP contribution in [0.15, 0.2) is 121 Å². The Morgan fingerprint density at radius 3 is 1.98 bits per heavy atom. The van der Waals surface area contributed by atoms with Crippen molar-refractivity contribution in [1.29, 1.82) is 0 Å². The van der Waals surface area contributed by atoms with Gasteiger partial charge in [0.2, 0.25) is 5.91 Å². The smallest absolute Gasteiger partial charge is 0.416 e. The van der Waals surface area contributed by atoms with Crippen molar-refractivity contribution in [2.75, 3.05) is 13.1 Å². The molecule has 256 valence electrons. The van der Waals surface area contributed by atoms with E-state index in [1.54, 1.807) is 29.2 Å². The standard InChI is InChI=1S/C40H35F3N2O4S/c41-40(42,43)33-20-18-31(19-21-33)30-14-16-32(17-15-30)38(47)45(26-34-8-4-22-44(34)37(46)25-35-9-5-23-50-35)36(39(48)49)24-27-10-12-29(13-11-27)28-6-2-1-3-7-28/h1-3,5-7,9-21,23,34,36H,4,8,22,24-26H2,(H,48,49). The molecule has 6 rings (SSSR count). The molecule has 10 heteroatoms. The number of rotatable bonds is 11. The third kappa shape index (κ3) is 8.14. The highest BCUT2D eigenvalue weighted by Gasteiger charge is 2.37. The van der Waals surface area contributed by atoms with E-state index in [2.05, 4.69) is 0 Å². The first-order chi connectivity index (χ1) is 24.1. The number of carbonyl (C=O) groups is 3. The average molecular weight is 697 g/mol. The molecule has 1 fully saturated rings. The van der Waals surface area contributed by atoms with Crippen LogP contribution >= 0.6 is 11.3 Å². The zero-order chi connectivity index (χ0) is 35.3. The van der Waals surface area contributed by atoms with Gasteiger partial charge in [0.1, 0.15) is 6.04 Å². The zero-order valence-corrected chi connectivity index (χ0v) is 27.9. The van der Waals surface area contributed by atoms with Crippen LogP contribution in [0.3, 0.4) is 0 Å². The fourth-order valence-corrected chi connectivity index (χ4v) is 7.13. The van der Waals surface area contributed by atoms with Crippen LogP contribution in [0.5, 0.6) is 0 Å². The molecule has 0 bridgehead atoms. The Hall–Kier alpha value is -5.22. The van der Waals surface area contributed by atoms with Crippen molar-refractivity contribution in [2.45, 2.75) is 43.9 Å². The van der Waals surface area contributed by atoms with Gasteiger partial charge in [-0.15, -0.1) is 11.3 Å². The molecule has 5 aromatic rings. The zero-order valence-electron chi connectivity index (χ0n) is 27.1. The number of thiophene rings is 1.